The van der Waals surface area contributed by atoms with Crippen LogP contribution in [0.1, 0.15) is 48.4 Å². The summed E-state index contributed by atoms with van der Waals surface area (Å²) in [4.78, 5) is 0. The van der Waals surface area contributed by atoms with Gasteiger partial charge in [-0.3, -0.25) is 0 Å². The Labute approximate surface area is 157 Å². The first-order valence-corrected chi connectivity index (χ1v) is 15.2. The third-order valence-corrected chi connectivity index (χ3v) is 20.4. The molecule has 0 spiro atoms. The zero-order valence-electron chi connectivity index (χ0n) is 12.6. The fraction of sp³-hybridized carbons (Fsp3) is 0.500. The van der Waals surface area contributed by atoms with Crippen molar-refractivity contribution in [3.63, 3.8) is 0 Å². The van der Waals surface area contributed by atoms with Crippen LogP contribution >= 0.6 is 0 Å². The molecule has 0 aliphatic heterocycles. The maximum absolute atomic E-state index is 2.51. The number of benzene rings is 1. The molecule has 0 heterocycles. The normalized spacial score (nSPS) is 15.8. The topological polar surface area (TPSA) is 0 Å². The SMILES string of the molecule is CCCC1=Cc2ccccc2[CH]1[Zr+2][SiH](CC)CC.[Br-].[Br-]. The molecule has 0 radical (unpaired) electrons. The summed E-state index contributed by atoms with van der Waals surface area (Å²) in [5.41, 5.74) is 5.00. The second-order valence-electron chi connectivity index (χ2n) is 5.21. The van der Waals surface area contributed by atoms with Gasteiger partial charge in [0.25, 0.3) is 0 Å². The van der Waals surface area contributed by atoms with E-state index in [2.05, 4.69) is 51.1 Å². The zero-order valence-corrected chi connectivity index (χ0v) is 19.4. The maximum atomic E-state index is 2.51. The van der Waals surface area contributed by atoms with E-state index >= 15 is 0 Å². The van der Waals surface area contributed by atoms with Gasteiger partial charge in [-0.05, 0) is 0 Å². The van der Waals surface area contributed by atoms with Crippen LogP contribution in [0.5, 0.6) is 0 Å². The summed E-state index contributed by atoms with van der Waals surface area (Å²) in [5, 5.41) is 0. The Morgan fingerprint density at radius 2 is 1.70 bits per heavy atom. The van der Waals surface area contributed by atoms with Crippen LogP contribution in [0.25, 0.3) is 6.08 Å². The van der Waals surface area contributed by atoms with Crippen LogP contribution in [0.3, 0.4) is 0 Å². The van der Waals surface area contributed by atoms with Gasteiger partial charge in [-0.25, -0.2) is 0 Å². The van der Waals surface area contributed by atoms with Crippen LogP contribution in [0.2, 0.25) is 12.1 Å². The third-order valence-electron chi connectivity index (χ3n) is 3.95. The van der Waals surface area contributed by atoms with E-state index in [0.717, 1.165) is 3.63 Å². The quantitative estimate of drug-likeness (QED) is 0.435. The van der Waals surface area contributed by atoms with Crippen molar-refractivity contribution in [1.82, 2.24) is 0 Å². The van der Waals surface area contributed by atoms with Crippen molar-refractivity contribution in [1.29, 1.82) is 0 Å². The van der Waals surface area contributed by atoms with Crippen LogP contribution in [0, 0.1) is 0 Å². The smallest absolute Gasteiger partial charge is 1.00 e. The predicted octanol–water partition coefficient (Wildman–Crippen LogP) is -1.22. The second kappa shape index (κ2) is 10.7. The van der Waals surface area contributed by atoms with Crippen LogP contribution < -0.4 is 34.0 Å². The fourth-order valence-corrected chi connectivity index (χ4v) is 15.8. The summed E-state index contributed by atoms with van der Waals surface area (Å²) < 4.78 is 0.932. The fourth-order valence-electron chi connectivity index (χ4n) is 2.85. The van der Waals surface area contributed by atoms with E-state index < -0.39 is 0 Å². The van der Waals surface area contributed by atoms with E-state index in [1.165, 1.54) is 30.5 Å². The summed E-state index contributed by atoms with van der Waals surface area (Å²) in [6.07, 6.45) is 5.15. The second-order valence-corrected chi connectivity index (χ2v) is 18.5. The van der Waals surface area contributed by atoms with Crippen LogP contribution in [-0.2, 0) is 22.4 Å². The van der Waals surface area contributed by atoms with E-state index in [4.69, 9.17) is 0 Å². The van der Waals surface area contributed by atoms with Gasteiger partial charge in [0.05, 0.1) is 0 Å². The van der Waals surface area contributed by atoms with E-state index in [-0.39, 0.29) is 62.3 Å². The number of rotatable bonds is 6. The molecule has 0 fully saturated rings. The molecule has 1 atom stereocenters. The van der Waals surface area contributed by atoms with Crippen molar-refractivity contribution >= 4 is 12.0 Å². The monoisotopic (exact) mass is 492 g/mol. The minimum atomic E-state index is -0.338. The van der Waals surface area contributed by atoms with Crippen LogP contribution in [0.4, 0.5) is 0 Å². The third kappa shape index (κ3) is 5.04. The van der Waals surface area contributed by atoms with Gasteiger partial charge in [-0.2, -0.15) is 0 Å². The summed E-state index contributed by atoms with van der Waals surface area (Å²) >= 11 is -0.215. The first kappa shape index (κ1) is 21.0. The Morgan fingerprint density at radius 3 is 2.30 bits per heavy atom. The molecule has 0 N–H and O–H groups in total. The van der Waals surface area contributed by atoms with E-state index in [9.17, 15) is 0 Å². The summed E-state index contributed by atoms with van der Waals surface area (Å²) in [6, 6.07) is 12.2. The molecule has 20 heavy (non-hydrogen) atoms. The molecule has 1 aliphatic carbocycles. The largest absolute Gasteiger partial charge is 1.00 e. The maximum Gasteiger partial charge on any atom is -1.00 e. The molecule has 0 saturated heterocycles. The molecule has 1 aliphatic rings. The molecular formula is C16H24Br2SiZr. The Hall–Kier alpha value is 1.02. The van der Waals surface area contributed by atoms with E-state index in [1.807, 2.05) is 0 Å². The van der Waals surface area contributed by atoms with Crippen molar-refractivity contribution in [3.8, 4) is 0 Å². The predicted molar refractivity (Wildman–Crippen MR) is 80.2 cm³/mol. The van der Waals surface area contributed by atoms with Gasteiger partial charge < -0.3 is 34.0 Å². The van der Waals surface area contributed by atoms with Gasteiger partial charge >= 0.3 is 125 Å². The van der Waals surface area contributed by atoms with Crippen molar-refractivity contribution in [2.24, 2.45) is 0 Å². The van der Waals surface area contributed by atoms with Crippen molar-refractivity contribution < 1.29 is 56.4 Å². The van der Waals surface area contributed by atoms with Crippen molar-refractivity contribution in [3.05, 3.63) is 41.0 Å². The van der Waals surface area contributed by atoms with Gasteiger partial charge in [-0.1, -0.05) is 0 Å². The molecule has 2 rings (SSSR count). The Kier molecular flexibility index (Phi) is 11.2. The number of allylic oxidation sites excluding steroid dienone is 1. The summed E-state index contributed by atoms with van der Waals surface area (Å²) in [6.45, 7) is 7.19. The molecule has 1 aromatic rings. The van der Waals surface area contributed by atoms with Gasteiger partial charge in [0.2, 0.25) is 0 Å². The van der Waals surface area contributed by atoms with Gasteiger partial charge in [0.15, 0.2) is 0 Å². The molecule has 0 aromatic heterocycles. The molecular weight excluding hydrogens is 471 g/mol. The molecule has 0 saturated carbocycles. The van der Waals surface area contributed by atoms with E-state index in [1.54, 1.807) is 11.1 Å². The molecule has 110 valence electrons. The number of fused-ring (bicyclic) bond motifs is 1. The number of halogens is 2. The Morgan fingerprint density at radius 1 is 1.05 bits per heavy atom. The molecule has 1 aromatic carbocycles. The molecule has 0 amide bonds. The number of hydrogen-bond acceptors (Lipinski definition) is 0. The molecule has 0 bridgehead atoms. The van der Waals surface area contributed by atoms with Crippen molar-refractivity contribution in [2.45, 2.75) is 49.3 Å². The van der Waals surface area contributed by atoms with Crippen molar-refractivity contribution in [2.75, 3.05) is 0 Å². The van der Waals surface area contributed by atoms with E-state index in [0.29, 0.717) is 0 Å². The van der Waals surface area contributed by atoms with Crippen LogP contribution in [-0.4, -0.2) is 5.92 Å². The Bertz CT molecular complexity index is 430. The average Bonchev–Trinajstić information content (AvgIpc) is 2.74. The van der Waals surface area contributed by atoms with Gasteiger partial charge in [-0.15, -0.1) is 0 Å². The zero-order chi connectivity index (χ0) is 13.0. The summed E-state index contributed by atoms with van der Waals surface area (Å²) in [7, 11) is 0. The minimum Gasteiger partial charge on any atom is -1.00 e. The summed E-state index contributed by atoms with van der Waals surface area (Å²) in [5.74, 6) is -0.338. The first-order valence-electron chi connectivity index (χ1n) is 7.35. The molecule has 0 nitrogen and oxygen atoms in total. The first-order chi connectivity index (χ1) is 8.80. The standard InChI is InChI=1S/C12H13.C4H11Si.2BrH.Zr/c1-2-5-10-8-11-6-3-4-7-12(11)9-10;1-3-5-4-2;;;/h3-4,6-9H,2,5H2,1H3;5H,3-4H2,1-2H3;2*1H;/q;;;;+2/p-2. The molecule has 4 heteroatoms. The van der Waals surface area contributed by atoms with Gasteiger partial charge in [0.1, 0.15) is 0 Å². The minimum absolute atomic E-state index is 0. The average molecular weight is 495 g/mol. The molecule has 1 unspecified atom stereocenters. The van der Waals surface area contributed by atoms with Gasteiger partial charge in [0, 0.05) is 0 Å². The Balaban J connectivity index is 0.00000180. The van der Waals surface area contributed by atoms with Crippen LogP contribution in [0.15, 0.2) is 29.8 Å². The number of hydrogen-bond donors (Lipinski definition) is 0.